The van der Waals surface area contributed by atoms with Crippen molar-refractivity contribution < 1.29 is 4.74 Å². The van der Waals surface area contributed by atoms with Crippen LogP contribution in [0.1, 0.15) is 27.7 Å². The van der Waals surface area contributed by atoms with E-state index >= 15 is 0 Å². The lowest BCUT2D eigenvalue weighted by Crippen LogP contribution is -2.24. The maximum atomic E-state index is 5.48. The first-order valence-electron chi connectivity index (χ1n) is 6.27. The Morgan fingerprint density at radius 3 is 2.41 bits per heavy atom. The summed E-state index contributed by atoms with van der Waals surface area (Å²) < 4.78 is 5.15. The minimum absolute atomic E-state index is 0.674. The Bertz CT molecular complexity index is 232. The van der Waals surface area contributed by atoms with Crippen LogP contribution in [0, 0.1) is 0 Å². The maximum Gasteiger partial charge on any atom is 0.118 e. The molecule has 0 aliphatic heterocycles. The molecule has 0 heterocycles. The fourth-order valence-corrected chi connectivity index (χ4v) is 1.12. The molecule has 0 spiro atoms. The van der Waals surface area contributed by atoms with Crippen LogP contribution in [0.25, 0.3) is 0 Å². The molecule has 2 N–H and O–H groups in total. The molecule has 0 saturated heterocycles. The zero-order valence-electron chi connectivity index (χ0n) is 11.9. The first-order chi connectivity index (χ1) is 8.28. The maximum absolute atomic E-state index is 5.48. The average Bonchev–Trinajstić information content (AvgIpc) is 2.38. The number of likely N-dealkylation sites (N-methyl/N-ethyl adjacent to an activating group) is 1. The Balaban J connectivity index is 0. The van der Waals surface area contributed by atoms with Crippen LogP contribution in [0.3, 0.4) is 0 Å². The van der Waals surface area contributed by atoms with Crippen LogP contribution < -0.4 is 5.73 Å². The van der Waals surface area contributed by atoms with Crippen LogP contribution in [0.2, 0.25) is 0 Å². The summed E-state index contributed by atoms with van der Waals surface area (Å²) >= 11 is 0. The molecule has 100 valence electrons. The van der Waals surface area contributed by atoms with Gasteiger partial charge in [0.15, 0.2) is 0 Å². The van der Waals surface area contributed by atoms with E-state index in [1.807, 2.05) is 51.3 Å². The van der Waals surface area contributed by atoms with Crippen LogP contribution in [0.4, 0.5) is 0 Å². The summed E-state index contributed by atoms with van der Waals surface area (Å²) in [6, 6.07) is 0. The Kier molecular flexibility index (Phi) is 15.8. The summed E-state index contributed by atoms with van der Waals surface area (Å²) in [6.45, 7) is 10.6. The molecule has 3 heteroatoms. The summed E-state index contributed by atoms with van der Waals surface area (Å²) in [5, 5.41) is 0. The van der Waals surface area contributed by atoms with Gasteiger partial charge in [-0.15, -0.1) is 0 Å². The predicted molar refractivity (Wildman–Crippen MR) is 76.7 cm³/mol. The second kappa shape index (κ2) is 14.8. The lowest BCUT2D eigenvalue weighted by Gasteiger charge is -2.15. The normalized spacial score (nSPS) is 11.5. The van der Waals surface area contributed by atoms with Crippen LogP contribution >= 0.6 is 0 Å². The van der Waals surface area contributed by atoms with Crippen molar-refractivity contribution in [1.29, 1.82) is 0 Å². The number of methoxy groups -OCH3 is 1. The Hall–Kier alpha value is -1.22. The summed E-state index contributed by atoms with van der Waals surface area (Å²) in [5.74, 6) is 0.845. The van der Waals surface area contributed by atoms with Crippen LogP contribution in [0.5, 0.6) is 0 Å². The second-order valence-corrected chi connectivity index (χ2v) is 3.03. The second-order valence-electron chi connectivity index (χ2n) is 3.03. The smallest absolute Gasteiger partial charge is 0.118 e. The Morgan fingerprint density at radius 2 is 2.00 bits per heavy atom. The molecule has 0 saturated carbocycles. The molecule has 0 amide bonds. The van der Waals surface area contributed by atoms with Crippen LogP contribution in [-0.2, 0) is 4.74 Å². The van der Waals surface area contributed by atoms with E-state index in [0.717, 1.165) is 18.8 Å². The molecule has 0 radical (unpaired) electrons. The van der Waals surface area contributed by atoms with E-state index in [1.165, 1.54) is 0 Å². The van der Waals surface area contributed by atoms with E-state index in [2.05, 4.69) is 11.8 Å². The molecule has 0 fully saturated rings. The van der Waals surface area contributed by atoms with E-state index < -0.39 is 0 Å². The molecule has 0 aromatic heterocycles. The zero-order valence-corrected chi connectivity index (χ0v) is 11.9. The molecule has 0 unspecified atom stereocenters. The average molecular weight is 240 g/mol. The number of nitrogens with zero attached hydrogens (tertiary/aromatic N) is 1. The van der Waals surface area contributed by atoms with Gasteiger partial charge in [0.2, 0.25) is 0 Å². The third-order valence-electron chi connectivity index (χ3n) is 1.95. The van der Waals surface area contributed by atoms with Crippen molar-refractivity contribution in [3.63, 3.8) is 0 Å². The van der Waals surface area contributed by atoms with E-state index in [4.69, 9.17) is 10.5 Å². The van der Waals surface area contributed by atoms with Gasteiger partial charge in [-0.3, -0.25) is 0 Å². The summed E-state index contributed by atoms with van der Waals surface area (Å²) in [5.41, 5.74) is 5.48. The van der Waals surface area contributed by atoms with Gasteiger partial charge in [0.1, 0.15) is 5.76 Å². The molecule has 0 atom stereocenters. The van der Waals surface area contributed by atoms with Gasteiger partial charge >= 0.3 is 0 Å². The van der Waals surface area contributed by atoms with Gasteiger partial charge < -0.3 is 15.4 Å². The number of ether oxygens (including phenoxy) is 1. The fraction of sp³-hybridized carbons (Fsp3) is 0.571. The molecule has 0 aromatic rings. The molecule has 0 bridgehead atoms. The van der Waals surface area contributed by atoms with Gasteiger partial charge in [-0.2, -0.15) is 0 Å². The van der Waals surface area contributed by atoms with Crippen molar-refractivity contribution >= 4 is 0 Å². The van der Waals surface area contributed by atoms with Gasteiger partial charge in [0.05, 0.1) is 7.11 Å². The minimum Gasteiger partial charge on any atom is -0.497 e. The summed E-state index contributed by atoms with van der Waals surface area (Å²) in [6.07, 6.45) is 9.79. The third-order valence-corrected chi connectivity index (χ3v) is 1.95. The number of nitrogens with two attached hydrogens (primary N) is 1. The fourth-order valence-electron chi connectivity index (χ4n) is 1.12. The molecule has 3 nitrogen and oxygen atoms in total. The number of hydrogen-bond acceptors (Lipinski definition) is 3. The van der Waals surface area contributed by atoms with Crippen molar-refractivity contribution in [3.8, 4) is 0 Å². The van der Waals surface area contributed by atoms with Gasteiger partial charge in [-0.1, -0.05) is 19.9 Å². The van der Waals surface area contributed by atoms with E-state index in [1.54, 1.807) is 7.11 Å². The SMILES string of the molecule is CC.C\C=C/C(=C\C=C\N(CC)CCN)OC. The van der Waals surface area contributed by atoms with Crippen molar-refractivity contribution in [1.82, 2.24) is 4.90 Å². The van der Waals surface area contributed by atoms with Crippen molar-refractivity contribution in [2.75, 3.05) is 26.7 Å². The standard InChI is InChI=1S/C12H22N2O.C2H6/c1-4-7-12(15-3)8-6-10-14(5-2)11-9-13;1-2/h4,6-8,10H,5,9,11,13H2,1-3H3;1-2H3/b7-4-,10-6+,12-8+;. The highest BCUT2D eigenvalue weighted by Crippen LogP contribution is 1.98. The molecule has 0 aliphatic rings. The lowest BCUT2D eigenvalue weighted by atomic mass is 10.4. The molecular formula is C14H28N2O. The van der Waals surface area contributed by atoms with E-state index in [9.17, 15) is 0 Å². The zero-order chi connectivity index (χ0) is 13.5. The van der Waals surface area contributed by atoms with Crippen molar-refractivity contribution in [3.05, 3.63) is 36.3 Å². The highest BCUT2D eigenvalue weighted by Gasteiger charge is 1.91. The van der Waals surface area contributed by atoms with Crippen molar-refractivity contribution in [2.24, 2.45) is 5.73 Å². The summed E-state index contributed by atoms with van der Waals surface area (Å²) in [7, 11) is 1.66. The number of hydrogen-bond donors (Lipinski definition) is 1. The Labute approximate surface area is 107 Å². The predicted octanol–water partition coefficient (Wildman–Crippen LogP) is 2.91. The van der Waals surface area contributed by atoms with Gasteiger partial charge in [0, 0.05) is 19.6 Å². The molecule has 0 rings (SSSR count). The van der Waals surface area contributed by atoms with Gasteiger partial charge in [-0.25, -0.2) is 0 Å². The van der Waals surface area contributed by atoms with E-state index in [0.29, 0.717) is 6.54 Å². The van der Waals surface area contributed by atoms with Gasteiger partial charge in [-0.05, 0) is 38.3 Å². The highest BCUT2D eigenvalue weighted by atomic mass is 16.5. The monoisotopic (exact) mass is 240 g/mol. The number of rotatable bonds is 7. The number of allylic oxidation sites excluding steroid dienone is 4. The molecular weight excluding hydrogens is 212 g/mol. The van der Waals surface area contributed by atoms with Crippen LogP contribution in [-0.4, -0.2) is 31.6 Å². The quantitative estimate of drug-likeness (QED) is 0.549. The first-order valence-corrected chi connectivity index (χ1v) is 6.27. The van der Waals surface area contributed by atoms with E-state index in [-0.39, 0.29) is 0 Å². The molecule has 0 aromatic carbocycles. The topological polar surface area (TPSA) is 38.5 Å². The highest BCUT2D eigenvalue weighted by molar-refractivity contribution is 5.17. The van der Waals surface area contributed by atoms with Crippen molar-refractivity contribution in [2.45, 2.75) is 27.7 Å². The van der Waals surface area contributed by atoms with Gasteiger partial charge in [0.25, 0.3) is 0 Å². The molecule has 17 heavy (non-hydrogen) atoms. The first kappa shape index (κ1) is 18.2. The minimum atomic E-state index is 0.674. The largest absolute Gasteiger partial charge is 0.497 e. The third kappa shape index (κ3) is 11.1. The summed E-state index contributed by atoms with van der Waals surface area (Å²) in [4.78, 5) is 2.15. The lowest BCUT2D eigenvalue weighted by molar-refractivity contribution is 0.307. The molecule has 0 aliphatic carbocycles. The van der Waals surface area contributed by atoms with Crippen LogP contribution in [0.15, 0.2) is 36.3 Å². The Morgan fingerprint density at radius 1 is 1.35 bits per heavy atom.